The van der Waals surface area contributed by atoms with Crippen LogP contribution in [0.2, 0.25) is 0 Å². The number of anilines is 1. The Morgan fingerprint density at radius 3 is 2.91 bits per heavy atom. The third-order valence-corrected chi connectivity index (χ3v) is 4.49. The first-order chi connectivity index (χ1) is 11.0. The van der Waals surface area contributed by atoms with Crippen LogP contribution in [-0.4, -0.2) is 56.3 Å². The van der Waals surface area contributed by atoms with Gasteiger partial charge in [0.15, 0.2) is 6.23 Å². The molecule has 8 heteroatoms. The van der Waals surface area contributed by atoms with Crippen LogP contribution in [0.25, 0.3) is 17.1 Å². The number of hydrogen-bond donors (Lipinski definition) is 3. The molecular weight excluding hydrogens is 300 g/mol. The van der Waals surface area contributed by atoms with Gasteiger partial charge in [0.05, 0.1) is 12.0 Å². The number of aliphatic hydroxyl groups is 2. The highest BCUT2D eigenvalue weighted by molar-refractivity contribution is 5.94. The lowest BCUT2D eigenvalue weighted by molar-refractivity contribution is -0.118. The van der Waals surface area contributed by atoms with Crippen LogP contribution >= 0.6 is 0 Å². The number of aromatic nitrogens is 3. The first-order valence-corrected chi connectivity index (χ1v) is 7.21. The zero-order valence-corrected chi connectivity index (χ0v) is 13.0. The van der Waals surface area contributed by atoms with Crippen LogP contribution in [0, 0.1) is 0 Å². The van der Waals surface area contributed by atoms with Gasteiger partial charge in [-0.15, -0.1) is 0 Å². The molecule has 1 aliphatic heterocycles. The summed E-state index contributed by atoms with van der Waals surface area (Å²) in [6.07, 6.45) is 2.35. The molecule has 0 radical (unpaired) electrons. The van der Waals surface area contributed by atoms with E-state index in [0.717, 1.165) is 5.56 Å². The molecule has 1 aliphatic rings. The van der Waals surface area contributed by atoms with Crippen LogP contribution < -0.4 is 5.73 Å². The van der Waals surface area contributed by atoms with E-state index in [1.807, 2.05) is 0 Å². The fourth-order valence-corrected chi connectivity index (χ4v) is 3.07. The fraction of sp³-hybridized carbons (Fsp3) is 0.467. The van der Waals surface area contributed by atoms with Crippen LogP contribution in [0.15, 0.2) is 19.1 Å². The topological polar surface area (TPSA) is 116 Å². The number of ether oxygens (including phenoxy) is 2. The molecule has 4 atom stereocenters. The van der Waals surface area contributed by atoms with Gasteiger partial charge in [0.25, 0.3) is 0 Å². The average Bonchev–Trinajstić information content (AvgIpc) is 3.05. The van der Waals surface area contributed by atoms with Gasteiger partial charge in [0, 0.05) is 18.9 Å². The van der Waals surface area contributed by atoms with Crippen LogP contribution in [-0.2, 0) is 9.47 Å². The molecule has 3 heterocycles. The van der Waals surface area contributed by atoms with E-state index in [1.165, 1.54) is 13.4 Å². The van der Waals surface area contributed by atoms with Crippen LogP contribution in [0.1, 0.15) is 18.7 Å². The van der Waals surface area contributed by atoms with Gasteiger partial charge >= 0.3 is 0 Å². The van der Waals surface area contributed by atoms with Gasteiger partial charge < -0.3 is 30.0 Å². The number of nitrogens with zero attached hydrogens (tertiary/aromatic N) is 3. The Labute approximate surface area is 133 Å². The van der Waals surface area contributed by atoms with Crippen LogP contribution in [0.4, 0.5) is 5.82 Å². The molecule has 0 aliphatic carbocycles. The van der Waals surface area contributed by atoms with Gasteiger partial charge in [-0.2, -0.15) is 0 Å². The van der Waals surface area contributed by atoms with E-state index in [9.17, 15) is 10.2 Å². The van der Waals surface area contributed by atoms with E-state index >= 15 is 0 Å². The summed E-state index contributed by atoms with van der Waals surface area (Å²) in [6.45, 7) is 5.18. The minimum Gasteiger partial charge on any atom is -0.394 e. The van der Waals surface area contributed by atoms with Crippen molar-refractivity contribution in [2.45, 2.75) is 31.0 Å². The number of nitrogens with two attached hydrogens (primary N) is 1. The maximum atomic E-state index is 10.4. The Balaban J connectivity index is 2.20. The monoisotopic (exact) mass is 320 g/mol. The first-order valence-electron chi connectivity index (χ1n) is 7.21. The number of nitrogen functional groups attached to an aromatic ring is 1. The summed E-state index contributed by atoms with van der Waals surface area (Å²) < 4.78 is 13.1. The van der Waals surface area contributed by atoms with Crippen molar-refractivity contribution < 1.29 is 19.7 Å². The number of fused-ring (bicyclic) bond motifs is 1. The van der Waals surface area contributed by atoms with Gasteiger partial charge in [-0.05, 0) is 6.92 Å². The van der Waals surface area contributed by atoms with Crippen LogP contribution in [0.5, 0.6) is 0 Å². The van der Waals surface area contributed by atoms with Crippen molar-refractivity contribution in [3.63, 3.8) is 0 Å². The third-order valence-electron chi connectivity index (χ3n) is 4.49. The number of hydrogen-bond acceptors (Lipinski definition) is 7. The highest BCUT2D eigenvalue weighted by Gasteiger charge is 2.54. The van der Waals surface area contributed by atoms with Gasteiger partial charge in [0.1, 0.15) is 35.6 Å². The molecular formula is C15H20N4O4. The molecule has 0 spiro atoms. The van der Waals surface area contributed by atoms with Crippen molar-refractivity contribution >= 4 is 22.9 Å². The normalized spacial score (nSPS) is 30.9. The molecule has 8 nitrogen and oxygen atoms in total. The molecule has 0 aromatic carbocycles. The van der Waals surface area contributed by atoms with E-state index in [4.69, 9.17) is 15.2 Å². The Morgan fingerprint density at radius 1 is 1.57 bits per heavy atom. The number of rotatable bonds is 4. The fourth-order valence-electron chi connectivity index (χ4n) is 3.07. The predicted octanol–water partition coefficient (Wildman–Crippen LogP) is 0.312. The highest BCUT2D eigenvalue weighted by atomic mass is 16.6. The Kier molecular flexibility index (Phi) is 3.85. The Bertz CT molecular complexity index is 746. The van der Waals surface area contributed by atoms with E-state index in [2.05, 4.69) is 16.5 Å². The molecule has 4 N–H and O–H groups in total. The summed E-state index contributed by atoms with van der Waals surface area (Å²) in [5.74, 6) is 0.333. The molecule has 3 rings (SSSR count). The molecule has 2 aromatic rings. The Morgan fingerprint density at radius 2 is 2.30 bits per heavy atom. The standard InChI is InChI=1S/C15H20N4O4/c1-4-8-5-19(13-10(8)12(16)17-7-18-13)14-15(2,22-3)11(21)9(6-20)23-14/h4-5,7,9,11,14,20-21H,1,6H2,2-3H3,(H2,16,17,18)/t9-,11-,14-,15-/m1/s1. The lowest BCUT2D eigenvalue weighted by Gasteiger charge is -2.31. The maximum Gasteiger partial charge on any atom is 0.167 e. The summed E-state index contributed by atoms with van der Waals surface area (Å²) in [5, 5.41) is 20.5. The van der Waals surface area contributed by atoms with Crippen molar-refractivity contribution in [2.24, 2.45) is 0 Å². The minimum atomic E-state index is -1.06. The molecule has 2 aromatic heterocycles. The third kappa shape index (κ3) is 2.14. The first kappa shape index (κ1) is 15.9. The highest BCUT2D eigenvalue weighted by Crippen LogP contribution is 2.42. The molecule has 0 amide bonds. The maximum absolute atomic E-state index is 10.4. The molecule has 124 valence electrons. The number of aliphatic hydroxyl groups excluding tert-OH is 2. The van der Waals surface area contributed by atoms with E-state index in [-0.39, 0.29) is 6.61 Å². The predicted molar refractivity (Wildman–Crippen MR) is 84.4 cm³/mol. The van der Waals surface area contributed by atoms with Crippen molar-refractivity contribution in [2.75, 3.05) is 19.5 Å². The van der Waals surface area contributed by atoms with E-state index in [1.54, 1.807) is 23.8 Å². The summed E-state index contributed by atoms with van der Waals surface area (Å²) >= 11 is 0. The van der Waals surface area contributed by atoms with Gasteiger partial charge in [-0.25, -0.2) is 9.97 Å². The lowest BCUT2D eigenvalue weighted by atomic mass is 9.96. The number of methoxy groups -OCH3 is 1. The van der Waals surface area contributed by atoms with E-state index < -0.39 is 24.0 Å². The largest absolute Gasteiger partial charge is 0.394 e. The van der Waals surface area contributed by atoms with Gasteiger partial charge in [0.2, 0.25) is 0 Å². The Hall–Kier alpha value is -2.00. The molecule has 23 heavy (non-hydrogen) atoms. The second kappa shape index (κ2) is 5.57. The molecule has 1 fully saturated rings. The van der Waals surface area contributed by atoms with E-state index in [0.29, 0.717) is 16.9 Å². The van der Waals surface area contributed by atoms with Crippen molar-refractivity contribution in [3.8, 4) is 0 Å². The molecule has 0 saturated carbocycles. The second-order valence-electron chi connectivity index (χ2n) is 5.70. The van der Waals surface area contributed by atoms with Crippen LogP contribution in [0.3, 0.4) is 0 Å². The summed E-state index contributed by atoms with van der Waals surface area (Å²) in [7, 11) is 1.49. The second-order valence-corrected chi connectivity index (χ2v) is 5.70. The molecule has 1 saturated heterocycles. The quantitative estimate of drug-likeness (QED) is 0.742. The van der Waals surface area contributed by atoms with Gasteiger partial charge in [-0.3, -0.25) is 0 Å². The zero-order valence-electron chi connectivity index (χ0n) is 13.0. The smallest absolute Gasteiger partial charge is 0.167 e. The molecule has 0 bridgehead atoms. The van der Waals surface area contributed by atoms with Crippen molar-refractivity contribution in [1.82, 2.24) is 14.5 Å². The lowest BCUT2D eigenvalue weighted by Crippen LogP contribution is -2.46. The minimum absolute atomic E-state index is 0.318. The molecule has 0 unspecified atom stereocenters. The average molecular weight is 320 g/mol. The zero-order chi connectivity index (χ0) is 16.8. The van der Waals surface area contributed by atoms with Gasteiger partial charge in [-0.1, -0.05) is 12.7 Å². The summed E-state index contributed by atoms with van der Waals surface area (Å²) in [6, 6.07) is 0. The van der Waals surface area contributed by atoms with Crippen molar-refractivity contribution in [1.29, 1.82) is 0 Å². The SMILES string of the molecule is C=Cc1cn([C@@H]2O[C@H](CO)[C@@H](O)[C@@]2(C)OC)c2ncnc(N)c12. The summed E-state index contributed by atoms with van der Waals surface area (Å²) in [5.41, 5.74) is 6.19. The summed E-state index contributed by atoms with van der Waals surface area (Å²) in [4.78, 5) is 8.28. The van der Waals surface area contributed by atoms with Crippen molar-refractivity contribution in [3.05, 3.63) is 24.7 Å².